The number of hydrogen-bond donors (Lipinski definition) is 1. The first-order valence-electron chi connectivity index (χ1n) is 5.66. The minimum Gasteiger partial charge on any atom is -0.481 e. The number of quaternary nitrogens is 1. The number of unbranched alkanes of at least 4 members (excludes halogenated alkanes) is 1. The van der Waals surface area contributed by atoms with Gasteiger partial charge in [0.15, 0.2) is 0 Å². The summed E-state index contributed by atoms with van der Waals surface area (Å²) >= 11 is 0. The van der Waals surface area contributed by atoms with E-state index < -0.39 is 14.0 Å². The molecular formula is C11H26NO2Si+. The Morgan fingerprint density at radius 2 is 1.73 bits per heavy atom. The zero-order chi connectivity index (χ0) is 12.1. The van der Waals surface area contributed by atoms with Crippen molar-refractivity contribution in [2.24, 2.45) is 0 Å². The van der Waals surface area contributed by atoms with Crippen molar-refractivity contribution in [3.8, 4) is 0 Å². The lowest BCUT2D eigenvalue weighted by atomic mass is 10.2. The van der Waals surface area contributed by atoms with Gasteiger partial charge in [-0.3, -0.25) is 4.79 Å². The molecule has 0 bridgehead atoms. The molecule has 0 saturated heterocycles. The Morgan fingerprint density at radius 3 is 2.13 bits per heavy atom. The summed E-state index contributed by atoms with van der Waals surface area (Å²) < 4.78 is 1.04. The fourth-order valence-corrected chi connectivity index (χ4v) is 4.91. The number of aliphatic carboxylic acids is 1. The van der Waals surface area contributed by atoms with E-state index >= 15 is 0 Å². The number of rotatable bonds is 7. The summed E-state index contributed by atoms with van der Waals surface area (Å²) in [6, 6.07) is 0. The van der Waals surface area contributed by atoms with Gasteiger partial charge in [-0.1, -0.05) is 19.6 Å². The minimum atomic E-state index is -1.02. The van der Waals surface area contributed by atoms with Gasteiger partial charge in [-0.2, -0.15) is 0 Å². The van der Waals surface area contributed by atoms with Gasteiger partial charge in [-0.15, -0.1) is 0 Å². The molecule has 0 unspecified atom stereocenters. The third-order valence-corrected chi connectivity index (χ3v) is 4.11. The molecule has 0 aliphatic rings. The van der Waals surface area contributed by atoms with E-state index in [1.165, 1.54) is 6.17 Å². The number of carboxylic acids is 1. The Morgan fingerprint density at radius 1 is 1.20 bits per heavy atom. The van der Waals surface area contributed by atoms with E-state index in [4.69, 9.17) is 5.11 Å². The van der Waals surface area contributed by atoms with Crippen LogP contribution in [0.4, 0.5) is 0 Å². The average Bonchev–Trinajstić information content (AvgIpc) is 1.93. The summed E-state index contributed by atoms with van der Waals surface area (Å²) in [4.78, 5) is 10.4. The van der Waals surface area contributed by atoms with Crippen molar-refractivity contribution < 1.29 is 14.4 Å². The van der Waals surface area contributed by atoms with Gasteiger partial charge in [0.1, 0.15) is 8.07 Å². The van der Waals surface area contributed by atoms with Crippen molar-refractivity contribution in [3.05, 3.63) is 0 Å². The zero-order valence-corrected chi connectivity index (χ0v) is 11.8. The SMILES string of the molecule is C[N+](C)(CCCCC(=O)O)C[Si](C)(C)C. The fourth-order valence-electron chi connectivity index (χ4n) is 2.18. The molecule has 0 aliphatic carbocycles. The monoisotopic (exact) mass is 232 g/mol. The van der Waals surface area contributed by atoms with Crippen LogP contribution in [0.15, 0.2) is 0 Å². The van der Waals surface area contributed by atoms with Gasteiger partial charge in [0.25, 0.3) is 0 Å². The highest BCUT2D eigenvalue weighted by Gasteiger charge is 2.25. The normalized spacial score (nSPS) is 12.9. The smallest absolute Gasteiger partial charge is 0.303 e. The number of nitrogens with zero attached hydrogens (tertiary/aromatic N) is 1. The van der Waals surface area contributed by atoms with Gasteiger partial charge >= 0.3 is 5.97 Å². The van der Waals surface area contributed by atoms with Crippen LogP contribution in [0.5, 0.6) is 0 Å². The summed E-state index contributed by atoms with van der Waals surface area (Å²) in [6.45, 7) is 8.23. The molecule has 0 amide bonds. The number of hydrogen-bond acceptors (Lipinski definition) is 1. The Balaban J connectivity index is 3.79. The molecule has 0 saturated carbocycles. The molecule has 4 heteroatoms. The molecule has 0 spiro atoms. The second-order valence-electron chi connectivity index (χ2n) is 6.23. The van der Waals surface area contributed by atoms with E-state index in [1.54, 1.807) is 0 Å². The standard InChI is InChI=1S/C11H25NO2Si/c1-12(2,10-15(3,4)5)9-7-6-8-11(13)14/h6-10H2,1-5H3/p+1. The molecule has 0 rings (SSSR count). The third-order valence-electron chi connectivity index (χ3n) is 2.31. The molecule has 0 atom stereocenters. The van der Waals surface area contributed by atoms with Gasteiger partial charge < -0.3 is 9.59 Å². The molecule has 1 N–H and O–H groups in total. The highest BCUT2D eigenvalue weighted by molar-refractivity contribution is 6.75. The van der Waals surface area contributed by atoms with Crippen LogP contribution in [0.3, 0.4) is 0 Å². The highest BCUT2D eigenvalue weighted by Crippen LogP contribution is 2.10. The van der Waals surface area contributed by atoms with Crippen LogP contribution in [0.1, 0.15) is 19.3 Å². The Hall–Kier alpha value is -0.353. The molecule has 15 heavy (non-hydrogen) atoms. The molecule has 90 valence electrons. The number of carboxylic acid groups (broad SMARTS) is 1. The van der Waals surface area contributed by atoms with Crippen LogP contribution in [-0.4, -0.2) is 50.4 Å². The molecular weight excluding hydrogens is 206 g/mol. The fraction of sp³-hybridized carbons (Fsp3) is 0.909. The topological polar surface area (TPSA) is 37.3 Å². The van der Waals surface area contributed by atoms with E-state index in [0.717, 1.165) is 23.9 Å². The summed E-state index contributed by atoms with van der Waals surface area (Å²) in [5.41, 5.74) is 0. The first kappa shape index (κ1) is 14.6. The molecule has 0 fully saturated rings. The lowest BCUT2D eigenvalue weighted by molar-refractivity contribution is -0.880. The van der Waals surface area contributed by atoms with Gasteiger partial charge in [0, 0.05) is 6.42 Å². The predicted molar refractivity (Wildman–Crippen MR) is 66.7 cm³/mol. The van der Waals surface area contributed by atoms with Crippen LogP contribution in [0, 0.1) is 0 Å². The summed E-state index contributed by atoms with van der Waals surface area (Å²) in [5.74, 6) is -0.675. The molecule has 0 aromatic rings. The van der Waals surface area contributed by atoms with Crippen molar-refractivity contribution in [2.45, 2.75) is 38.9 Å². The van der Waals surface area contributed by atoms with Crippen LogP contribution in [0.25, 0.3) is 0 Å². The van der Waals surface area contributed by atoms with Gasteiger partial charge in [-0.05, 0) is 12.8 Å². The van der Waals surface area contributed by atoms with Crippen molar-refractivity contribution >= 4 is 14.0 Å². The van der Waals surface area contributed by atoms with Crippen LogP contribution >= 0.6 is 0 Å². The largest absolute Gasteiger partial charge is 0.481 e. The molecule has 0 aliphatic heterocycles. The van der Waals surface area contributed by atoms with Crippen LogP contribution < -0.4 is 0 Å². The van der Waals surface area contributed by atoms with E-state index in [2.05, 4.69) is 33.7 Å². The minimum absolute atomic E-state index is 0.312. The van der Waals surface area contributed by atoms with E-state index in [-0.39, 0.29) is 0 Å². The van der Waals surface area contributed by atoms with E-state index in [1.807, 2.05) is 0 Å². The second-order valence-corrected chi connectivity index (χ2v) is 11.7. The van der Waals surface area contributed by atoms with Gasteiger partial charge in [-0.25, -0.2) is 0 Å². The first-order valence-corrected chi connectivity index (χ1v) is 9.37. The first-order chi connectivity index (χ1) is 6.62. The maximum absolute atomic E-state index is 10.4. The van der Waals surface area contributed by atoms with Gasteiger partial charge in [0.05, 0.1) is 26.8 Å². The molecule has 0 aromatic heterocycles. The van der Waals surface area contributed by atoms with Gasteiger partial charge in [0.2, 0.25) is 0 Å². The van der Waals surface area contributed by atoms with Crippen LogP contribution in [-0.2, 0) is 4.79 Å². The average molecular weight is 232 g/mol. The number of carbonyl (C=O) groups is 1. The predicted octanol–water partition coefficient (Wildman–Crippen LogP) is 2.20. The van der Waals surface area contributed by atoms with E-state index in [0.29, 0.717) is 6.42 Å². The zero-order valence-electron chi connectivity index (χ0n) is 10.8. The van der Waals surface area contributed by atoms with Crippen LogP contribution in [0.2, 0.25) is 19.6 Å². The quantitative estimate of drug-likeness (QED) is 0.415. The molecule has 0 radical (unpaired) electrons. The van der Waals surface area contributed by atoms with Crippen molar-refractivity contribution in [3.63, 3.8) is 0 Å². The Bertz CT molecular complexity index is 209. The van der Waals surface area contributed by atoms with Crippen molar-refractivity contribution in [1.82, 2.24) is 0 Å². The second kappa shape index (κ2) is 5.65. The summed E-state index contributed by atoms with van der Waals surface area (Å²) in [5, 5.41) is 8.53. The lowest BCUT2D eigenvalue weighted by Gasteiger charge is -2.35. The Kier molecular flexibility index (Phi) is 5.52. The van der Waals surface area contributed by atoms with Crippen molar-refractivity contribution in [2.75, 3.05) is 26.8 Å². The lowest BCUT2D eigenvalue weighted by Crippen LogP contribution is -2.50. The molecule has 0 heterocycles. The van der Waals surface area contributed by atoms with E-state index in [9.17, 15) is 4.79 Å². The highest BCUT2D eigenvalue weighted by atomic mass is 28.3. The summed E-state index contributed by atoms with van der Waals surface area (Å²) in [7, 11) is 3.48. The third kappa shape index (κ3) is 9.94. The maximum atomic E-state index is 10.4. The molecule has 3 nitrogen and oxygen atoms in total. The van der Waals surface area contributed by atoms with Crippen molar-refractivity contribution in [1.29, 1.82) is 0 Å². The maximum Gasteiger partial charge on any atom is 0.303 e. The summed E-state index contributed by atoms with van der Waals surface area (Å²) in [6.07, 6.45) is 3.40. The molecule has 0 aromatic carbocycles. The Labute approximate surface area is 94.7 Å².